The van der Waals surface area contributed by atoms with Crippen molar-refractivity contribution in [3.8, 4) is 6.07 Å². The second kappa shape index (κ2) is 7.60. The molecule has 1 rings (SSSR count). The zero-order valence-electron chi connectivity index (χ0n) is 11.1. The Kier molecular flexibility index (Phi) is 6.07. The van der Waals surface area contributed by atoms with Crippen LogP contribution in [0.4, 0.5) is 0 Å². The molecule has 3 heteroatoms. The minimum atomic E-state index is -0.714. The minimum Gasteiger partial charge on any atom is -0.297 e. The van der Waals surface area contributed by atoms with E-state index in [1.54, 1.807) is 18.3 Å². The zero-order valence-corrected chi connectivity index (χ0v) is 11.1. The van der Waals surface area contributed by atoms with Gasteiger partial charge in [-0.25, -0.2) is 0 Å². The Bertz CT molecular complexity index is 402. The third-order valence-corrected chi connectivity index (χ3v) is 3.07. The molecule has 0 aliphatic carbocycles. The predicted molar refractivity (Wildman–Crippen MR) is 70.9 cm³/mol. The summed E-state index contributed by atoms with van der Waals surface area (Å²) >= 11 is 0. The lowest BCUT2D eigenvalue weighted by atomic mass is 9.85. The van der Waals surface area contributed by atoms with Crippen LogP contribution in [0.15, 0.2) is 24.4 Å². The van der Waals surface area contributed by atoms with Crippen LogP contribution in [0, 0.1) is 17.2 Å². The van der Waals surface area contributed by atoms with Crippen molar-refractivity contribution in [3.63, 3.8) is 0 Å². The first-order valence-corrected chi connectivity index (χ1v) is 6.58. The largest absolute Gasteiger partial charge is 0.297 e. The highest BCUT2D eigenvalue weighted by Gasteiger charge is 2.27. The summed E-state index contributed by atoms with van der Waals surface area (Å²) in [5, 5.41) is 9.22. The van der Waals surface area contributed by atoms with Crippen molar-refractivity contribution >= 4 is 5.78 Å². The fourth-order valence-corrected chi connectivity index (χ4v) is 2.18. The van der Waals surface area contributed by atoms with E-state index in [9.17, 15) is 10.1 Å². The molecule has 1 atom stereocenters. The third kappa shape index (κ3) is 3.66. The van der Waals surface area contributed by atoms with Crippen molar-refractivity contribution in [3.05, 3.63) is 30.1 Å². The molecular weight excluding hydrogens is 224 g/mol. The Morgan fingerprint density at radius 3 is 2.44 bits per heavy atom. The van der Waals surface area contributed by atoms with Crippen molar-refractivity contribution in [1.29, 1.82) is 5.26 Å². The average molecular weight is 244 g/mol. The van der Waals surface area contributed by atoms with Gasteiger partial charge in [-0.1, -0.05) is 32.8 Å². The first-order valence-electron chi connectivity index (χ1n) is 6.58. The molecule has 0 saturated heterocycles. The average Bonchev–Trinajstić information content (AvgIpc) is 2.40. The standard InChI is InChI=1S/C15H20N2O/c1-3-7-12(8-4-2)15(18)13(11-16)14-9-5-6-10-17-14/h5-6,9-10,12-13H,3-4,7-8H2,1-2H3. The van der Waals surface area contributed by atoms with E-state index in [1.165, 1.54) is 0 Å². The Morgan fingerprint density at radius 1 is 1.33 bits per heavy atom. The molecule has 1 aromatic rings. The number of nitriles is 1. The molecule has 0 aliphatic heterocycles. The molecule has 0 bridgehead atoms. The predicted octanol–water partition coefficient (Wildman–Crippen LogP) is 3.47. The number of hydrogen-bond donors (Lipinski definition) is 0. The molecule has 0 spiro atoms. The highest BCUT2D eigenvalue weighted by molar-refractivity contribution is 5.89. The van der Waals surface area contributed by atoms with Crippen molar-refractivity contribution < 1.29 is 4.79 Å². The van der Waals surface area contributed by atoms with E-state index in [1.807, 2.05) is 6.07 Å². The van der Waals surface area contributed by atoms with Crippen molar-refractivity contribution in [2.45, 2.75) is 45.4 Å². The lowest BCUT2D eigenvalue weighted by Crippen LogP contribution is -2.22. The molecule has 0 radical (unpaired) electrons. The van der Waals surface area contributed by atoms with Gasteiger partial charge in [-0.05, 0) is 25.0 Å². The molecule has 1 unspecified atom stereocenters. The van der Waals surface area contributed by atoms with Crippen LogP contribution in [0.25, 0.3) is 0 Å². The fraction of sp³-hybridized carbons (Fsp3) is 0.533. The van der Waals surface area contributed by atoms with E-state index in [-0.39, 0.29) is 11.7 Å². The summed E-state index contributed by atoms with van der Waals surface area (Å²) in [6.45, 7) is 4.14. The lowest BCUT2D eigenvalue weighted by molar-refractivity contribution is -0.123. The summed E-state index contributed by atoms with van der Waals surface area (Å²) in [5.74, 6) is -0.694. The van der Waals surface area contributed by atoms with Gasteiger partial charge >= 0.3 is 0 Å². The highest BCUT2D eigenvalue weighted by atomic mass is 16.1. The van der Waals surface area contributed by atoms with Gasteiger partial charge in [0.25, 0.3) is 0 Å². The molecule has 0 N–H and O–H groups in total. The number of pyridine rings is 1. The number of rotatable bonds is 7. The molecule has 96 valence electrons. The normalized spacial score (nSPS) is 12.1. The highest BCUT2D eigenvalue weighted by Crippen LogP contribution is 2.24. The van der Waals surface area contributed by atoms with E-state index in [0.717, 1.165) is 25.7 Å². The molecule has 3 nitrogen and oxygen atoms in total. The van der Waals surface area contributed by atoms with Gasteiger partial charge in [0.1, 0.15) is 5.92 Å². The summed E-state index contributed by atoms with van der Waals surface area (Å²) in [7, 11) is 0. The molecule has 0 fully saturated rings. The first kappa shape index (κ1) is 14.4. The van der Waals surface area contributed by atoms with Crippen molar-refractivity contribution in [1.82, 2.24) is 4.98 Å². The lowest BCUT2D eigenvalue weighted by Gasteiger charge is -2.17. The van der Waals surface area contributed by atoms with Crippen LogP contribution in [-0.2, 0) is 4.79 Å². The monoisotopic (exact) mass is 244 g/mol. The maximum Gasteiger partial charge on any atom is 0.159 e. The van der Waals surface area contributed by atoms with Gasteiger partial charge in [-0.15, -0.1) is 0 Å². The maximum atomic E-state index is 12.4. The number of Topliss-reactive ketones (excluding diaryl/α,β-unsaturated/α-hetero) is 1. The Labute approximate surface area is 109 Å². The number of nitrogens with zero attached hydrogens (tertiary/aromatic N) is 2. The van der Waals surface area contributed by atoms with E-state index in [2.05, 4.69) is 24.9 Å². The molecule has 18 heavy (non-hydrogen) atoms. The van der Waals surface area contributed by atoms with Crippen LogP contribution in [0.1, 0.15) is 51.1 Å². The molecular formula is C15H20N2O. The Balaban J connectivity index is 2.88. The van der Waals surface area contributed by atoms with Crippen LogP contribution in [0.3, 0.4) is 0 Å². The van der Waals surface area contributed by atoms with Crippen molar-refractivity contribution in [2.24, 2.45) is 5.92 Å². The van der Waals surface area contributed by atoms with E-state index >= 15 is 0 Å². The fourth-order valence-electron chi connectivity index (χ4n) is 2.18. The number of aromatic nitrogens is 1. The van der Waals surface area contributed by atoms with Gasteiger partial charge in [0.05, 0.1) is 11.8 Å². The minimum absolute atomic E-state index is 0.00773. The first-order chi connectivity index (χ1) is 8.74. The number of carbonyl (C=O) groups is 1. The van der Waals surface area contributed by atoms with Crippen LogP contribution in [-0.4, -0.2) is 10.8 Å². The van der Waals surface area contributed by atoms with E-state index in [0.29, 0.717) is 5.69 Å². The van der Waals surface area contributed by atoms with Crippen LogP contribution in [0.5, 0.6) is 0 Å². The van der Waals surface area contributed by atoms with E-state index < -0.39 is 5.92 Å². The number of hydrogen-bond acceptors (Lipinski definition) is 3. The second-order valence-corrected chi connectivity index (χ2v) is 4.49. The Morgan fingerprint density at radius 2 is 2.00 bits per heavy atom. The Hall–Kier alpha value is -1.69. The van der Waals surface area contributed by atoms with E-state index in [4.69, 9.17) is 0 Å². The van der Waals surface area contributed by atoms with Gasteiger partial charge in [0.2, 0.25) is 0 Å². The number of carbonyl (C=O) groups excluding carboxylic acids is 1. The SMILES string of the molecule is CCCC(CCC)C(=O)C(C#N)c1ccccn1. The molecule has 0 amide bonds. The summed E-state index contributed by atoms with van der Waals surface area (Å²) in [5.41, 5.74) is 0.571. The molecule has 0 aromatic carbocycles. The third-order valence-electron chi connectivity index (χ3n) is 3.07. The summed E-state index contributed by atoms with van der Waals surface area (Å²) in [6.07, 6.45) is 5.28. The number of ketones is 1. The van der Waals surface area contributed by atoms with Gasteiger partial charge < -0.3 is 0 Å². The summed E-state index contributed by atoms with van der Waals surface area (Å²) in [6, 6.07) is 7.46. The van der Waals surface area contributed by atoms with Gasteiger partial charge in [0, 0.05) is 12.1 Å². The topological polar surface area (TPSA) is 53.8 Å². The molecule has 0 saturated carbocycles. The summed E-state index contributed by atoms with van der Waals surface area (Å²) < 4.78 is 0. The quantitative estimate of drug-likeness (QED) is 0.738. The maximum absolute atomic E-state index is 12.4. The molecule has 1 heterocycles. The van der Waals surface area contributed by atoms with Crippen molar-refractivity contribution in [2.75, 3.05) is 0 Å². The van der Waals surface area contributed by atoms with Gasteiger partial charge in [-0.2, -0.15) is 5.26 Å². The molecule has 0 aliphatic rings. The zero-order chi connectivity index (χ0) is 13.4. The van der Waals surface area contributed by atoms with Crippen LogP contribution < -0.4 is 0 Å². The molecule has 1 aromatic heterocycles. The van der Waals surface area contributed by atoms with Gasteiger partial charge in [0.15, 0.2) is 5.78 Å². The summed E-state index contributed by atoms with van der Waals surface area (Å²) in [4.78, 5) is 16.5. The van der Waals surface area contributed by atoms with Crippen LogP contribution in [0.2, 0.25) is 0 Å². The second-order valence-electron chi connectivity index (χ2n) is 4.49. The van der Waals surface area contributed by atoms with Gasteiger partial charge in [-0.3, -0.25) is 9.78 Å². The van der Waals surface area contributed by atoms with Crippen LogP contribution >= 0.6 is 0 Å². The smallest absolute Gasteiger partial charge is 0.159 e.